The molecule has 1 aromatic carbocycles. The number of aromatic nitrogens is 2. The normalized spacial score (nSPS) is 10.9. The van der Waals surface area contributed by atoms with Crippen LogP contribution in [0.2, 0.25) is 0 Å². The molecule has 0 saturated heterocycles. The molecular formula is C19H29N5O. The molecule has 1 aromatic heterocycles. The largest absolute Gasteiger partial charge is 0.399 e. The van der Waals surface area contributed by atoms with Gasteiger partial charge in [0.2, 0.25) is 0 Å². The molecule has 2 aromatic rings. The highest BCUT2D eigenvalue weighted by atomic mass is 16.1. The van der Waals surface area contributed by atoms with Crippen LogP contribution in [0.25, 0.3) is 11.3 Å². The first-order valence-corrected chi connectivity index (χ1v) is 9.06. The first-order valence-electron chi connectivity index (χ1n) is 9.06. The van der Waals surface area contributed by atoms with Crippen LogP contribution in [-0.4, -0.2) is 15.7 Å². The van der Waals surface area contributed by atoms with Gasteiger partial charge in [-0.3, -0.25) is 9.48 Å². The van der Waals surface area contributed by atoms with Crippen LogP contribution in [0.1, 0.15) is 62.2 Å². The second-order valence-corrected chi connectivity index (χ2v) is 6.44. The summed E-state index contributed by atoms with van der Waals surface area (Å²) in [5.41, 5.74) is 19.7. The Balaban J connectivity index is 2.11. The van der Waals surface area contributed by atoms with E-state index in [1.54, 1.807) is 16.8 Å². The molecule has 6 nitrogen and oxygen atoms in total. The number of benzene rings is 1. The van der Waals surface area contributed by atoms with Crippen LogP contribution in [0.5, 0.6) is 0 Å². The van der Waals surface area contributed by atoms with Crippen LogP contribution in [0.15, 0.2) is 24.3 Å². The minimum atomic E-state index is -0.560. The molecule has 1 amide bonds. The van der Waals surface area contributed by atoms with Crippen molar-refractivity contribution in [1.82, 2.24) is 9.78 Å². The highest BCUT2D eigenvalue weighted by Gasteiger charge is 2.21. The molecule has 0 aliphatic rings. The maximum absolute atomic E-state index is 11.8. The van der Waals surface area contributed by atoms with Gasteiger partial charge >= 0.3 is 0 Å². The molecule has 0 aliphatic heterocycles. The number of nitrogens with two attached hydrogens (primary N) is 3. The molecule has 6 heteroatoms. The molecule has 0 aliphatic carbocycles. The van der Waals surface area contributed by atoms with Crippen LogP contribution in [0.3, 0.4) is 0 Å². The average molecular weight is 343 g/mol. The predicted octanol–water partition coefficient (Wildman–Crippen LogP) is 3.56. The first kappa shape index (κ1) is 18.8. The summed E-state index contributed by atoms with van der Waals surface area (Å²) >= 11 is 0. The van der Waals surface area contributed by atoms with Gasteiger partial charge in [0.05, 0.1) is 5.69 Å². The highest BCUT2D eigenvalue weighted by molar-refractivity contribution is 6.03. The lowest BCUT2D eigenvalue weighted by atomic mass is 10.1. The zero-order chi connectivity index (χ0) is 18.2. The molecule has 0 saturated carbocycles. The third kappa shape index (κ3) is 4.98. The van der Waals surface area contributed by atoms with E-state index in [1.165, 1.54) is 32.1 Å². The Morgan fingerprint density at radius 3 is 2.20 bits per heavy atom. The second-order valence-electron chi connectivity index (χ2n) is 6.44. The van der Waals surface area contributed by atoms with Crippen molar-refractivity contribution in [3.63, 3.8) is 0 Å². The number of anilines is 2. The molecule has 0 bridgehead atoms. The fourth-order valence-electron chi connectivity index (χ4n) is 3.04. The van der Waals surface area contributed by atoms with Crippen molar-refractivity contribution in [2.24, 2.45) is 5.73 Å². The number of unbranched alkanes of at least 4 members (excludes halogenated alkanes) is 6. The number of hydrogen-bond donors (Lipinski definition) is 3. The van der Waals surface area contributed by atoms with Crippen molar-refractivity contribution in [1.29, 1.82) is 0 Å². The maximum atomic E-state index is 11.8. The number of aryl methyl sites for hydroxylation is 1. The van der Waals surface area contributed by atoms with E-state index in [1.807, 2.05) is 12.1 Å². The highest BCUT2D eigenvalue weighted by Crippen LogP contribution is 2.29. The van der Waals surface area contributed by atoms with E-state index < -0.39 is 5.91 Å². The van der Waals surface area contributed by atoms with Crippen LogP contribution >= 0.6 is 0 Å². The standard InChI is InChI=1S/C19H29N5O/c1-2-3-4-5-6-7-8-13-24-17(14-9-11-15(20)12-10-14)16(19(22)25)18(21)23-24/h9-12H,2-8,13,20H2,1H3,(H2,21,23)(H2,22,25). The molecule has 6 N–H and O–H groups in total. The van der Waals surface area contributed by atoms with Gasteiger partial charge in [-0.15, -0.1) is 0 Å². The quantitative estimate of drug-likeness (QED) is 0.452. The second kappa shape index (κ2) is 9.11. The van der Waals surface area contributed by atoms with E-state index in [4.69, 9.17) is 17.2 Å². The smallest absolute Gasteiger partial charge is 0.254 e. The van der Waals surface area contributed by atoms with E-state index in [0.717, 1.165) is 18.4 Å². The number of carbonyl (C=O) groups excluding carboxylic acids is 1. The summed E-state index contributed by atoms with van der Waals surface area (Å²) in [6.07, 6.45) is 8.48. The van der Waals surface area contributed by atoms with Gasteiger partial charge in [0.15, 0.2) is 5.82 Å². The molecule has 1 heterocycles. The summed E-state index contributed by atoms with van der Waals surface area (Å²) in [6.45, 7) is 2.93. The van der Waals surface area contributed by atoms with Crippen molar-refractivity contribution in [3.8, 4) is 11.3 Å². The third-order valence-corrected chi connectivity index (χ3v) is 4.38. The molecule has 0 spiro atoms. The third-order valence-electron chi connectivity index (χ3n) is 4.38. The monoisotopic (exact) mass is 343 g/mol. The van der Waals surface area contributed by atoms with Crippen LogP contribution in [0, 0.1) is 0 Å². The van der Waals surface area contributed by atoms with Crippen molar-refractivity contribution in [2.75, 3.05) is 11.5 Å². The summed E-state index contributed by atoms with van der Waals surface area (Å²) in [6, 6.07) is 7.31. The fourth-order valence-corrected chi connectivity index (χ4v) is 3.04. The van der Waals surface area contributed by atoms with Gasteiger partial charge in [0, 0.05) is 17.8 Å². The van der Waals surface area contributed by atoms with Crippen LogP contribution < -0.4 is 17.2 Å². The van der Waals surface area contributed by atoms with Gasteiger partial charge in [-0.1, -0.05) is 57.6 Å². The molecule has 0 atom stereocenters. The molecule has 2 rings (SSSR count). The van der Waals surface area contributed by atoms with Gasteiger partial charge in [-0.25, -0.2) is 0 Å². The van der Waals surface area contributed by atoms with E-state index >= 15 is 0 Å². The number of nitrogens with zero attached hydrogens (tertiary/aromatic N) is 2. The van der Waals surface area contributed by atoms with Crippen molar-refractivity contribution >= 4 is 17.4 Å². The Kier molecular flexibility index (Phi) is 6.86. The van der Waals surface area contributed by atoms with E-state index in [0.29, 0.717) is 17.9 Å². The lowest BCUT2D eigenvalue weighted by molar-refractivity contribution is 0.100. The molecule has 0 unspecified atom stereocenters. The topological polar surface area (TPSA) is 113 Å². The van der Waals surface area contributed by atoms with E-state index in [2.05, 4.69) is 12.0 Å². The predicted molar refractivity (Wildman–Crippen MR) is 103 cm³/mol. The van der Waals surface area contributed by atoms with Crippen LogP contribution in [0.4, 0.5) is 11.5 Å². The fraction of sp³-hybridized carbons (Fsp3) is 0.474. The van der Waals surface area contributed by atoms with Crippen LogP contribution in [-0.2, 0) is 6.54 Å². The van der Waals surface area contributed by atoms with Crippen molar-refractivity contribution in [3.05, 3.63) is 29.8 Å². The van der Waals surface area contributed by atoms with Crippen molar-refractivity contribution in [2.45, 2.75) is 58.4 Å². The average Bonchev–Trinajstić information content (AvgIpc) is 2.91. The lowest BCUT2D eigenvalue weighted by Crippen LogP contribution is -2.14. The van der Waals surface area contributed by atoms with Gasteiger partial charge < -0.3 is 17.2 Å². The summed E-state index contributed by atoms with van der Waals surface area (Å²) in [5.74, 6) is -0.377. The number of primary amides is 1. The zero-order valence-electron chi connectivity index (χ0n) is 15.0. The Morgan fingerprint density at radius 1 is 1.00 bits per heavy atom. The molecule has 136 valence electrons. The Labute approximate surface area is 149 Å². The van der Waals surface area contributed by atoms with Gasteiger partial charge in [-0.2, -0.15) is 5.10 Å². The number of carbonyl (C=O) groups is 1. The Hall–Kier alpha value is -2.50. The number of amides is 1. The lowest BCUT2D eigenvalue weighted by Gasteiger charge is -2.09. The molecule has 0 radical (unpaired) electrons. The van der Waals surface area contributed by atoms with Gasteiger partial charge in [0.25, 0.3) is 5.91 Å². The zero-order valence-corrected chi connectivity index (χ0v) is 15.0. The first-order chi connectivity index (χ1) is 12.0. The summed E-state index contributed by atoms with van der Waals surface area (Å²) < 4.78 is 1.80. The number of nitrogen functional groups attached to an aromatic ring is 2. The van der Waals surface area contributed by atoms with E-state index in [-0.39, 0.29) is 11.4 Å². The van der Waals surface area contributed by atoms with Gasteiger partial charge in [0.1, 0.15) is 5.56 Å². The molecule has 25 heavy (non-hydrogen) atoms. The SMILES string of the molecule is CCCCCCCCCn1nc(N)c(C(N)=O)c1-c1ccc(N)cc1. The minimum absolute atomic E-state index is 0.183. The minimum Gasteiger partial charge on any atom is -0.399 e. The number of rotatable bonds is 10. The van der Waals surface area contributed by atoms with Gasteiger partial charge in [-0.05, 0) is 18.6 Å². The van der Waals surface area contributed by atoms with E-state index in [9.17, 15) is 4.79 Å². The summed E-state index contributed by atoms with van der Waals surface area (Å²) in [4.78, 5) is 11.8. The summed E-state index contributed by atoms with van der Waals surface area (Å²) in [7, 11) is 0. The molecule has 0 fully saturated rings. The maximum Gasteiger partial charge on any atom is 0.254 e. The summed E-state index contributed by atoms with van der Waals surface area (Å²) in [5, 5.41) is 4.34. The Bertz CT molecular complexity index is 691. The van der Waals surface area contributed by atoms with Crippen molar-refractivity contribution < 1.29 is 4.79 Å². The molecular weight excluding hydrogens is 314 g/mol. The number of hydrogen-bond acceptors (Lipinski definition) is 4. The Morgan fingerprint density at radius 2 is 1.60 bits per heavy atom.